The average molecular weight is 275 g/mol. The summed E-state index contributed by atoms with van der Waals surface area (Å²) in [5.74, 6) is 0.556. The normalized spacial score (nSPS) is 17.9. The highest BCUT2D eigenvalue weighted by Crippen LogP contribution is 2.26. The van der Waals surface area contributed by atoms with Crippen molar-refractivity contribution in [2.45, 2.75) is 13.0 Å². The molecule has 3 nitrogen and oxygen atoms in total. The Hall–Kier alpha value is -0.840. The molecule has 0 spiro atoms. The molecule has 0 bridgehead atoms. The third-order valence-corrected chi connectivity index (χ3v) is 3.35. The van der Waals surface area contributed by atoms with Gasteiger partial charge in [-0.1, -0.05) is 0 Å². The van der Waals surface area contributed by atoms with Crippen molar-refractivity contribution in [2.75, 3.05) is 33.3 Å². The van der Waals surface area contributed by atoms with Crippen LogP contribution in [0.4, 0.5) is 4.39 Å². The van der Waals surface area contributed by atoms with Gasteiger partial charge in [0.1, 0.15) is 11.6 Å². The lowest BCUT2D eigenvalue weighted by Gasteiger charge is -2.33. The van der Waals surface area contributed by atoms with Gasteiger partial charge in [-0.2, -0.15) is 0 Å². The minimum Gasteiger partial charge on any atom is -0.497 e. The molecule has 1 aromatic carbocycles. The van der Waals surface area contributed by atoms with E-state index in [9.17, 15) is 4.39 Å². The maximum absolute atomic E-state index is 13.8. The van der Waals surface area contributed by atoms with Crippen molar-refractivity contribution in [1.82, 2.24) is 10.2 Å². The molecule has 1 atom stereocenters. The van der Waals surface area contributed by atoms with Crippen molar-refractivity contribution in [2.24, 2.45) is 0 Å². The van der Waals surface area contributed by atoms with Gasteiger partial charge in [0.05, 0.1) is 7.11 Å². The number of ether oxygens (including phenoxy) is 1. The lowest BCUT2D eigenvalue weighted by atomic mass is 10.1. The van der Waals surface area contributed by atoms with E-state index in [-0.39, 0.29) is 24.3 Å². The fraction of sp³-hybridized carbons (Fsp3) is 0.538. The Kier molecular flexibility index (Phi) is 5.85. The number of nitrogens with one attached hydrogen (secondary N) is 1. The second-order valence-electron chi connectivity index (χ2n) is 4.35. The molecular weight excluding hydrogens is 255 g/mol. The Morgan fingerprint density at radius 2 is 2.00 bits per heavy atom. The molecule has 2 rings (SSSR count). The smallest absolute Gasteiger partial charge is 0.128 e. The molecule has 0 saturated carbocycles. The molecule has 0 aromatic heterocycles. The zero-order chi connectivity index (χ0) is 12.3. The van der Waals surface area contributed by atoms with Crippen molar-refractivity contribution >= 4 is 12.4 Å². The second kappa shape index (κ2) is 6.92. The average Bonchev–Trinajstić information content (AvgIpc) is 2.39. The van der Waals surface area contributed by atoms with Gasteiger partial charge < -0.3 is 10.1 Å². The van der Waals surface area contributed by atoms with Crippen molar-refractivity contribution in [3.63, 3.8) is 0 Å². The van der Waals surface area contributed by atoms with E-state index in [1.165, 1.54) is 6.07 Å². The predicted molar refractivity (Wildman–Crippen MR) is 73.1 cm³/mol. The maximum atomic E-state index is 13.8. The van der Waals surface area contributed by atoms with Crippen LogP contribution >= 0.6 is 12.4 Å². The first-order chi connectivity index (χ1) is 8.22. The molecule has 0 amide bonds. The first-order valence-electron chi connectivity index (χ1n) is 6.00. The number of rotatable bonds is 3. The number of nitrogens with zero attached hydrogens (tertiary/aromatic N) is 1. The van der Waals surface area contributed by atoms with Crippen LogP contribution in [0.2, 0.25) is 0 Å². The van der Waals surface area contributed by atoms with Crippen LogP contribution < -0.4 is 10.1 Å². The molecule has 1 aliphatic rings. The monoisotopic (exact) mass is 274 g/mol. The largest absolute Gasteiger partial charge is 0.497 e. The summed E-state index contributed by atoms with van der Waals surface area (Å²) in [7, 11) is 1.60. The minimum absolute atomic E-state index is 0. The summed E-state index contributed by atoms with van der Waals surface area (Å²) >= 11 is 0. The van der Waals surface area contributed by atoms with Gasteiger partial charge in [0.2, 0.25) is 0 Å². The summed E-state index contributed by atoms with van der Waals surface area (Å²) in [6, 6.07) is 5.02. The summed E-state index contributed by atoms with van der Waals surface area (Å²) in [6.07, 6.45) is 0. The number of halogens is 2. The van der Waals surface area contributed by atoms with Crippen LogP contribution in [0, 0.1) is 5.82 Å². The summed E-state index contributed by atoms with van der Waals surface area (Å²) < 4.78 is 19.0. The highest BCUT2D eigenvalue weighted by atomic mass is 35.5. The molecule has 0 aliphatic carbocycles. The van der Waals surface area contributed by atoms with E-state index in [0.717, 1.165) is 26.2 Å². The predicted octanol–water partition coefficient (Wildman–Crippen LogP) is 2.22. The fourth-order valence-corrected chi connectivity index (χ4v) is 2.24. The molecule has 0 radical (unpaired) electrons. The highest BCUT2D eigenvalue weighted by Gasteiger charge is 2.20. The number of benzene rings is 1. The maximum Gasteiger partial charge on any atom is 0.128 e. The van der Waals surface area contributed by atoms with Gasteiger partial charge in [0, 0.05) is 37.8 Å². The van der Waals surface area contributed by atoms with E-state index in [1.807, 2.05) is 6.92 Å². The molecule has 0 unspecified atom stereocenters. The van der Waals surface area contributed by atoms with Crippen molar-refractivity contribution < 1.29 is 9.13 Å². The topological polar surface area (TPSA) is 24.5 Å². The summed E-state index contributed by atoms with van der Waals surface area (Å²) in [4.78, 5) is 2.29. The van der Waals surface area contributed by atoms with Crippen molar-refractivity contribution in [1.29, 1.82) is 0 Å². The Balaban J connectivity index is 0.00000162. The van der Waals surface area contributed by atoms with Gasteiger partial charge in [-0.15, -0.1) is 12.4 Å². The van der Waals surface area contributed by atoms with Gasteiger partial charge in [0.25, 0.3) is 0 Å². The van der Waals surface area contributed by atoms with E-state index in [0.29, 0.717) is 11.3 Å². The number of hydrogen-bond donors (Lipinski definition) is 1. The SMILES string of the molecule is COc1ccc(F)c([C@H](C)N2CCNCC2)c1.Cl. The Morgan fingerprint density at radius 3 is 2.61 bits per heavy atom. The van der Waals surface area contributed by atoms with E-state index >= 15 is 0 Å². The third kappa shape index (κ3) is 3.34. The lowest BCUT2D eigenvalue weighted by molar-refractivity contribution is 0.182. The molecule has 1 aliphatic heterocycles. The van der Waals surface area contributed by atoms with Gasteiger partial charge in [0.15, 0.2) is 0 Å². The molecule has 1 fully saturated rings. The van der Waals surface area contributed by atoms with Crippen molar-refractivity contribution in [3.8, 4) is 5.75 Å². The summed E-state index contributed by atoms with van der Waals surface area (Å²) in [5.41, 5.74) is 0.714. The number of hydrogen-bond acceptors (Lipinski definition) is 3. The quantitative estimate of drug-likeness (QED) is 0.915. The van der Waals surface area contributed by atoms with Gasteiger partial charge >= 0.3 is 0 Å². The van der Waals surface area contributed by atoms with E-state index in [2.05, 4.69) is 10.2 Å². The van der Waals surface area contributed by atoms with Gasteiger partial charge in [-0.3, -0.25) is 4.90 Å². The van der Waals surface area contributed by atoms with Crippen LogP contribution in [-0.4, -0.2) is 38.2 Å². The minimum atomic E-state index is -0.156. The van der Waals surface area contributed by atoms with Gasteiger partial charge in [-0.25, -0.2) is 4.39 Å². The molecule has 1 aromatic rings. The molecule has 1 N–H and O–H groups in total. The Morgan fingerprint density at radius 1 is 1.33 bits per heavy atom. The van der Waals surface area contributed by atoms with Crippen LogP contribution in [0.15, 0.2) is 18.2 Å². The highest BCUT2D eigenvalue weighted by molar-refractivity contribution is 5.85. The van der Waals surface area contributed by atoms with Crippen molar-refractivity contribution in [3.05, 3.63) is 29.6 Å². The standard InChI is InChI=1S/C13H19FN2O.ClH/c1-10(16-7-5-15-6-8-16)12-9-11(17-2)3-4-13(12)14;/h3-4,9-10,15H,5-8H2,1-2H3;1H/t10-;/m0./s1. The number of methoxy groups -OCH3 is 1. The Labute approximate surface area is 114 Å². The molecule has 5 heteroatoms. The molecule has 1 heterocycles. The van der Waals surface area contributed by atoms with Gasteiger partial charge in [-0.05, 0) is 25.1 Å². The van der Waals surface area contributed by atoms with E-state index in [1.54, 1.807) is 19.2 Å². The summed E-state index contributed by atoms with van der Waals surface area (Å²) in [6.45, 7) is 5.89. The van der Waals surface area contributed by atoms with E-state index in [4.69, 9.17) is 4.74 Å². The first kappa shape index (κ1) is 15.2. The molecule has 102 valence electrons. The lowest BCUT2D eigenvalue weighted by Crippen LogP contribution is -2.44. The molecule has 1 saturated heterocycles. The zero-order valence-electron chi connectivity index (χ0n) is 10.8. The van der Waals surface area contributed by atoms with Crippen LogP contribution in [0.5, 0.6) is 5.75 Å². The van der Waals surface area contributed by atoms with Crippen LogP contribution in [0.3, 0.4) is 0 Å². The molecule has 18 heavy (non-hydrogen) atoms. The van der Waals surface area contributed by atoms with Crippen LogP contribution in [-0.2, 0) is 0 Å². The molecular formula is C13H20ClFN2O. The number of piperazine rings is 1. The first-order valence-corrected chi connectivity index (χ1v) is 6.00. The third-order valence-electron chi connectivity index (χ3n) is 3.35. The fourth-order valence-electron chi connectivity index (χ4n) is 2.24. The van der Waals surface area contributed by atoms with Crippen LogP contribution in [0.25, 0.3) is 0 Å². The summed E-state index contributed by atoms with van der Waals surface area (Å²) in [5, 5.41) is 3.30. The second-order valence-corrected chi connectivity index (χ2v) is 4.35. The Bertz CT molecular complexity index is 383. The van der Waals surface area contributed by atoms with Crippen LogP contribution in [0.1, 0.15) is 18.5 Å². The zero-order valence-corrected chi connectivity index (χ0v) is 11.6. The van der Waals surface area contributed by atoms with E-state index < -0.39 is 0 Å².